The van der Waals surface area contributed by atoms with E-state index in [4.69, 9.17) is 27.1 Å². The average molecular weight is 344 g/mol. The minimum Gasteiger partial charge on any atom is -0.468 e. The normalized spacial score (nSPS) is 12.3. The minimum atomic E-state index is -0.748. The fourth-order valence-corrected chi connectivity index (χ4v) is 2.80. The van der Waals surface area contributed by atoms with Crippen LogP contribution in [0.15, 0.2) is 42.6 Å². The largest absolute Gasteiger partial charge is 0.468 e. The Hall–Kier alpha value is -2.37. The molecule has 0 amide bonds. The first kappa shape index (κ1) is 16.5. The Morgan fingerprint density at radius 2 is 2.04 bits per heavy atom. The summed E-state index contributed by atoms with van der Waals surface area (Å²) in [7, 11) is 1.33. The van der Waals surface area contributed by atoms with Gasteiger partial charge in [-0.3, -0.25) is 4.79 Å². The number of halogens is 1. The molecule has 3 aromatic rings. The lowest BCUT2D eigenvalue weighted by atomic mass is 10.1. The molecule has 0 saturated carbocycles. The van der Waals surface area contributed by atoms with Crippen LogP contribution in [0.2, 0.25) is 5.02 Å². The average Bonchev–Trinajstić information content (AvgIpc) is 2.92. The number of nitrogens with zero attached hydrogens (tertiary/aromatic N) is 2. The predicted molar refractivity (Wildman–Crippen MR) is 94.1 cm³/mol. The molecular weight excluding hydrogens is 326 g/mol. The predicted octanol–water partition coefficient (Wildman–Crippen LogP) is 3.01. The molecule has 3 rings (SSSR count). The highest BCUT2D eigenvalue weighted by molar-refractivity contribution is 6.30. The fraction of sp³-hybridized carbons (Fsp3) is 0.222. The topological polar surface area (TPSA) is 69.6 Å². The van der Waals surface area contributed by atoms with Crippen molar-refractivity contribution in [2.75, 3.05) is 7.11 Å². The number of carbonyl (C=O) groups excluding carboxylic acids is 1. The summed E-state index contributed by atoms with van der Waals surface area (Å²) in [4.78, 5) is 16.5. The van der Waals surface area contributed by atoms with E-state index in [1.54, 1.807) is 0 Å². The van der Waals surface area contributed by atoms with Gasteiger partial charge in [-0.15, -0.1) is 0 Å². The van der Waals surface area contributed by atoms with E-state index >= 15 is 0 Å². The van der Waals surface area contributed by atoms with Crippen LogP contribution in [0.3, 0.4) is 0 Å². The van der Waals surface area contributed by atoms with Gasteiger partial charge in [-0.25, -0.2) is 4.98 Å². The maximum Gasteiger partial charge on any atom is 0.323 e. The van der Waals surface area contributed by atoms with Crippen LogP contribution in [-0.2, 0) is 16.0 Å². The van der Waals surface area contributed by atoms with Crippen molar-refractivity contribution in [3.63, 3.8) is 0 Å². The molecule has 0 aliphatic rings. The number of nitrogens with two attached hydrogens (primary N) is 1. The van der Waals surface area contributed by atoms with Gasteiger partial charge >= 0.3 is 5.97 Å². The molecule has 124 valence electrons. The van der Waals surface area contributed by atoms with E-state index in [9.17, 15) is 4.79 Å². The number of methoxy groups -OCH3 is 1. The number of imidazole rings is 1. The van der Waals surface area contributed by atoms with Crippen molar-refractivity contribution in [3.8, 4) is 11.3 Å². The Morgan fingerprint density at radius 1 is 1.33 bits per heavy atom. The molecule has 0 saturated heterocycles. The van der Waals surface area contributed by atoms with Crippen molar-refractivity contribution in [2.24, 2.45) is 5.73 Å². The van der Waals surface area contributed by atoms with E-state index in [2.05, 4.69) is 0 Å². The summed E-state index contributed by atoms with van der Waals surface area (Å²) in [5.41, 5.74) is 10.5. The van der Waals surface area contributed by atoms with Crippen molar-refractivity contribution in [3.05, 3.63) is 58.9 Å². The lowest BCUT2D eigenvalue weighted by Gasteiger charge is -2.11. The van der Waals surface area contributed by atoms with E-state index in [1.165, 1.54) is 7.11 Å². The lowest BCUT2D eigenvalue weighted by Crippen LogP contribution is -2.34. The lowest BCUT2D eigenvalue weighted by molar-refractivity contribution is -0.142. The van der Waals surface area contributed by atoms with Gasteiger partial charge in [0.15, 0.2) is 0 Å². The van der Waals surface area contributed by atoms with Gasteiger partial charge in [0.25, 0.3) is 0 Å². The molecule has 1 aromatic carbocycles. The number of fused-ring (bicyclic) bond motifs is 1. The number of ether oxygens (including phenoxy) is 1. The Kier molecular flexibility index (Phi) is 4.55. The molecule has 0 bridgehead atoms. The summed E-state index contributed by atoms with van der Waals surface area (Å²) in [6.45, 7) is 2.01. The van der Waals surface area contributed by atoms with E-state index in [-0.39, 0.29) is 0 Å². The molecule has 2 aromatic heterocycles. The van der Waals surface area contributed by atoms with Crippen LogP contribution >= 0.6 is 11.6 Å². The first-order valence-electron chi connectivity index (χ1n) is 7.56. The number of aromatic nitrogens is 2. The molecule has 0 radical (unpaired) electrons. The summed E-state index contributed by atoms with van der Waals surface area (Å²) in [5.74, 6) is -0.445. The van der Waals surface area contributed by atoms with Crippen molar-refractivity contribution in [2.45, 2.75) is 19.4 Å². The number of aryl methyl sites for hydroxylation is 1. The molecule has 24 heavy (non-hydrogen) atoms. The van der Waals surface area contributed by atoms with Gasteiger partial charge in [0.2, 0.25) is 0 Å². The van der Waals surface area contributed by atoms with Crippen LogP contribution < -0.4 is 5.73 Å². The molecular formula is C18H18ClN3O2. The van der Waals surface area contributed by atoms with E-state index < -0.39 is 12.0 Å². The minimum absolute atomic E-state index is 0.328. The SMILES string of the molecule is COC(=O)C(N)Cc1c(-c2ccc(Cl)cc2)nc2cc(C)ccn12. The summed E-state index contributed by atoms with van der Waals surface area (Å²) in [6.07, 6.45) is 2.27. The van der Waals surface area contributed by atoms with Gasteiger partial charge in [0, 0.05) is 23.2 Å². The van der Waals surface area contributed by atoms with E-state index in [0.29, 0.717) is 11.4 Å². The number of hydrogen-bond donors (Lipinski definition) is 1. The fourth-order valence-electron chi connectivity index (χ4n) is 2.67. The Morgan fingerprint density at radius 3 is 2.71 bits per heavy atom. The molecule has 1 unspecified atom stereocenters. The van der Waals surface area contributed by atoms with Crippen LogP contribution in [0.1, 0.15) is 11.3 Å². The van der Waals surface area contributed by atoms with E-state index in [1.807, 2.05) is 53.9 Å². The Labute approximate surface area is 145 Å². The zero-order chi connectivity index (χ0) is 17.3. The number of rotatable bonds is 4. The smallest absolute Gasteiger partial charge is 0.323 e. The van der Waals surface area contributed by atoms with Crippen LogP contribution in [0.4, 0.5) is 0 Å². The van der Waals surface area contributed by atoms with Crippen LogP contribution in [0.25, 0.3) is 16.9 Å². The van der Waals surface area contributed by atoms with Gasteiger partial charge in [-0.2, -0.15) is 0 Å². The Bertz CT molecular complexity index is 887. The maximum atomic E-state index is 11.7. The second-order valence-corrected chi connectivity index (χ2v) is 6.12. The molecule has 0 aliphatic heterocycles. The maximum absolute atomic E-state index is 11.7. The second kappa shape index (κ2) is 6.63. The third kappa shape index (κ3) is 3.13. The van der Waals surface area contributed by atoms with Gasteiger partial charge in [-0.1, -0.05) is 23.7 Å². The molecule has 1 atom stereocenters. The summed E-state index contributed by atoms with van der Waals surface area (Å²) in [6, 6.07) is 10.7. The summed E-state index contributed by atoms with van der Waals surface area (Å²) < 4.78 is 6.70. The molecule has 2 N–H and O–H groups in total. The van der Waals surface area contributed by atoms with Crippen molar-refractivity contribution in [1.29, 1.82) is 0 Å². The van der Waals surface area contributed by atoms with Crippen LogP contribution in [0.5, 0.6) is 0 Å². The zero-order valence-corrected chi connectivity index (χ0v) is 14.2. The second-order valence-electron chi connectivity index (χ2n) is 5.68. The van der Waals surface area contributed by atoms with Crippen LogP contribution in [0, 0.1) is 6.92 Å². The molecule has 0 fully saturated rings. The first-order valence-corrected chi connectivity index (χ1v) is 7.94. The molecule has 0 spiro atoms. The molecule has 0 aliphatic carbocycles. The third-order valence-corrected chi connectivity index (χ3v) is 4.17. The number of hydrogen-bond acceptors (Lipinski definition) is 4. The quantitative estimate of drug-likeness (QED) is 0.739. The van der Waals surface area contributed by atoms with Gasteiger partial charge in [0.1, 0.15) is 11.7 Å². The number of pyridine rings is 1. The van der Waals surface area contributed by atoms with Gasteiger partial charge < -0.3 is 14.9 Å². The summed E-state index contributed by atoms with van der Waals surface area (Å²) in [5, 5.41) is 0.658. The number of esters is 1. The van der Waals surface area contributed by atoms with Crippen molar-refractivity contribution in [1.82, 2.24) is 9.38 Å². The molecule has 2 heterocycles. The van der Waals surface area contributed by atoms with Gasteiger partial charge in [-0.05, 0) is 36.8 Å². The third-order valence-electron chi connectivity index (χ3n) is 3.92. The Balaban J connectivity index is 2.14. The first-order chi connectivity index (χ1) is 11.5. The van der Waals surface area contributed by atoms with E-state index in [0.717, 1.165) is 28.2 Å². The highest BCUT2D eigenvalue weighted by Crippen LogP contribution is 2.27. The molecule has 6 heteroatoms. The van der Waals surface area contributed by atoms with Crippen molar-refractivity contribution >= 4 is 23.2 Å². The highest BCUT2D eigenvalue weighted by atomic mass is 35.5. The number of carbonyl (C=O) groups is 1. The molecule has 5 nitrogen and oxygen atoms in total. The van der Waals surface area contributed by atoms with Crippen molar-refractivity contribution < 1.29 is 9.53 Å². The summed E-state index contributed by atoms with van der Waals surface area (Å²) >= 11 is 5.98. The highest BCUT2D eigenvalue weighted by Gasteiger charge is 2.21. The van der Waals surface area contributed by atoms with Gasteiger partial charge in [0.05, 0.1) is 18.5 Å². The zero-order valence-electron chi connectivity index (χ0n) is 13.5. The number of benzene rings is 1. The monoisotopic (exact) mass is 343 g/mol. The standard InChI is InChI=1S/C18H18ClN3O2/c1-11-7-8-22-15(10-14(20)18(23)24-2)17(21-16(22)9-11)12-3-5-13(19)6-4-12/h3-9,14H,10,20H2,1-2H3. The van der Waals surface area contributed by atoms with Crippen LogP contribution in [-0.4, -0.2) is 28.5 Å².